The fraction of sp³-hybridized carbons (Fsp3) is 0.280. The number of phenols is 2. The third-order valence-corrected chi connectivity index (χ3v) is 8.36. The maximum atomic E-state index is 12.1. The highest BCUT2D eigenvalue weighted by atomic mass is 79.9. The van der Waals surface area contributed by atoms with Crippen LogP contribution in [0.2, 0.25) is 0 Å². The third-order valence-electron chi connectivity index (χ3n) is 6.18. The van der Waals surface area contributed by atoms with Gasteiger partial charge in [-0.25, -0.2) is 0 Å². The van der Waals surface area contributed by atoms with Gasteiger partial charge in [-0.2, -0.15) is 0 Å². The van der Waals surface area contributed by atoms with Crippen molar-refractivity contribution in [1.82, 2.24) is 0 Å². The van der Waals surface area contributed by atoms with Crippen LogP contribution in [0.25, 0.3) is 0 Å². The van der Waals surface area contributed by atoms with Gasteiger partial charge in [-0.1, -0.05) is 52.3 Å². The van der Waals surface area contributed by atoms with Gasteiger partial charge in [-0.15, -0.1) is 0 Å². The average molecular weight is 629 g/mol. The zero-order valence-corrected chi connectivity index (χ0v) is 23.8. The van der Waals surface area contributed by atoms with Crippen molar-refractivity contribution in [1.29, 1.82) is 0 Å². The molecule has 38 heavy (non-hydrogen) atoms. The predicted molar refractivity (Wildman–Crippen MR) is 141 cm³/mol. The van der Waals surface area contributed by atoms with E-state index in [1.165, 1.54) is 12.1 Å². The number of phenolic OH excluding ortho intramolecular Hbond substituents is 2. The fourth-order valence-corrected chi connectivity index (χ4v) is 6.46. The monoisotopic (exact) mass is 628 g/mol. The summed E-state index contributed by atoms with van der Waals surface area (Å²) >= 11 is 3.38. The Labute approximate surface area is 229 Å². The molecule has 0 spiro atoms. The number of benzene rings is 3. The van der Waals surface area contributed by atoms with Gasteiger partial charge in [0, 0.05) is 22.0 Å². The van der Waals surface area contributed by atoms with E-state index in [1.54, 1.807) is 36.4 Å². The van der Waals surface area contributed by atoms with Crippen molar-refractivity contribution >= 4 is 31.1 Å². The highest BCUT2D eigenvalue weighted by Gasteiger charge is 2.32. The third kappa shape index (κ3) is 10.3. The van der Waals surface area contributed by atoms with Crippen LogP contribution in [-0.4, -0.2) is 45.2 Å². The van der Waals surface area contributed by atoms with Gasteiger partial charge in [0.05, 0.1) is 0 Å². The molecule has 0 heterocycles. The van der Waals surface area contributed by atoms with Crippen molar-refractivity contribution in [2.45, 2.75) is 25.6 Å². The molecule has 10 nitrogen and oxygen atoms in total. The van der Waals surface area contributed by atoms with Gasteiger partial charge < -0.3 is 48.7 Å². The van der Waals surface area contributed by atoms with E-state index >= 15 is 0 Å². The van der Waals surface area contributed by atoms with Crippen LogP contribution in [0.4, 0.5) is 0 Å². The Morgan fingerprint density at radius 3 is 1.76 bits per heavy atom. The van der Waals surface area contributed by atoms with Crippen LogP contribution in [0.15, 0.2) is 77.3 Å². The topological polar surface area (TPSA) is 170 Å². The van der Waals surface area contributed by atoms with Crippen molar-refractivity contribution in [3.63, 3.8) is 0 Å². The summed E-state index contributed by atoms with van der Waals surface area (Å²) in [5.41, 5.74) is 1.75. The van der Waals surface area contributed by atoms with Crippen LogP contribution in [0.3, 0.4) is 0 Å². The number of rotatable bonds is 13. The Hall–Kier alpha value is -2.04. The van der Waals surface area contributed by atoms with E-state index in [-0.39, 0.29) is 31.1 Å². The lowest BCUT2D eigenvalue weighted by Gasteiger charge is -2.34. The van der Waals surface area contributed by atoms with Crippen molar-refractivity contribution in [2.75, 3.05) is 19.1 Å². The number of halogens is 1. The first-order valence-electron chi connectivity index (χ1n) is 11.8. The molecule has 0 aliphatic heterocycles. The number of para-hydroxylation sites is 2. The van der Waals surface area contributed by atoms with E-state index in [0.717, 1.165) is 10.0 Å². The van der Waals surface area contributed by atoms with Gasteiger partial charge in [0.1, 0.15) is 49.7 Å². The molecule has 6 N–H and O–H groups in total. The molecule has 0 amide bonds. The highest BCUT2D eigenvalue weighted by molar-refractivity contribution is 9.10. The molecule has 0 aliphatic rings. The van der Waals surface area contributed by atoms with E-state index in [9.17, 15) is 38.9 Å². The van der Waals surface area contributed by atoms with E-state index < -0.39 is 33.8 Å². The zero-order valence-electron chi connectivity index (χ0n) is 20.4. The highest BCUT2D eigenvalue weighted by Crippen LogP contribution is 2.26. The lowest BCUT2D eigenvalue weighted by atomic mass is 10.0. The van der Waals surface area contributed by atoms with Crippen LogP contribution < -0.4 is 19.6 Å². The summed E-state index contributed by atoms with van der Waals surface area (Å²) in [6, 6.07) is 19.6. The van der Waals surface area contributed by atoms with Gasteiger partial charge in [0.2, 0.25) is 0 Å². The molecule has 5 atom stereocenters. The molecule has 13 heteroatoms. The van der Waals surface area contributed by atoms with Crippen molar-refractivity contribution in [3.05, 3.63) is 94.0 Å². The summed E-state index contributed by atoms with van der Waals surface area (Å²) in [5.74, 6) is -0.0742. The molecule has 0 aromatic heterocycles. The number of hydrogen-bond acceptors (Lipinski definition) is 6. The summed E-state index contributed by atoms with van der Waals surface area (Å²) in [4.78, 5) is 44.3. The van der Waals surface area contributed by atoms with Crippen LogP contribution in [0, 0.1) is 0 Å². The first-order valence-corrected chi connectivity index (χ1v) is 16.1. The lowest BCUT2D eigenvalue weighted by Crippen LogP contribution is -3.22. The van der Waals surface area contributed by atoms with Crippen molar-refractivity contribution < 1.29 is 48.7 Å². The van der Waals surface area contributed by atoms with E-state index in [4.69, 9.17) is 0 Å². The minimum atomic E-state index is -4.79. The molecule has 0 saturated heterocycles. The van der Waals surface area contributed by atoms with Gasteiger partial charge in [-0.3, -0.25) is 0 Å². The molecule has 206 valence electrons. The van der Waals surface area contributed by atoms with Gasteiger partial charge in [-0.05, 0) is 42.0 Å². The first kappa shape index (κ1) is 30.5. The molecular formula is C25H31BrN2O8P2. The number of quaternary nitrogens is 2. The van der Waals surface area contributed by atoms with Crippen LogP contribution in [-0.2, 0) is 28.6 Å². The van der Waals surface area contributed by atoms with E-state index in [0.29, 0.717) is 27.3 Å². The van der Waals surface area contributed by atoms with Crippen LogP contribution >= 0.6 is 31.1 Å². The maximum absolute atomic E-state index is 12.1. The van der Waals surface area contributed by atoms with Gasteiger partial charge >= 0.3 is 0 Å². The lowest BCUT2D eigenvalue weighted by molar-refractivity contribution is -0.981. The average Bonchev–Trinajstić information content (AvgIpc) is 2.80. The first-order chi connectivity index (χ1) is 17.8. The molecule has 0 radical (unpaired) electrons. The molecule has 3 aromatic rings. The SMILES string of the molecule is O=P([O-])(O)C[NH+](Cc1ccccc1O)CC(Cc1ccc(Br)cc1)[NH+](Cc1ccccc1O)CP(=O)([O-])O. The Bertz CT molecular complexity index is 1300. The summed E-state index contributed by atoms with van der Waals surface area (Å²) in [6.45, 7) is 0.118. The molecule has 0 saturated carbocycles. The molecular weight excluding hydrogens is 598 g/mol. The van der Waals surface area contributed by atoms with Crippen LogP contribution in [0.1, 0.15) is 16.7 Å². The molecule has 0 aliphatic carbocycles. The Balaban J connectivity index is 2.01. The second-order valence-corrected chi connectivity index (χ2v) is 13.4. The normalized spacial score (nSPS) is 17.2. The minimum absolute atomic E-state index is 0.0265. The van der Waals surface area contributed by atoms with E-state index in [2.05, 4.69) is 15.9 Å². The summed E-state index contributed by atoms with van der Waals surface area (Å²) in [7, 11) is -9.55. The second kappa shape index (κ2) is 13.3. The Morgan fingerprint density at radius 2 is 1.26 bits per heavy atom. The summed E-state index contributed by atoms with van der Waals surface area (Å²) < 4.78 is 24.9. The molecule has 3 aromatic carbocycles. The summed E-state index contributed by atoms with van der Waals surface area (Å²) in [5, 5.41) is 20.6. The van der Waals surface area contributed by atoms with E-state index in [1.807, 2.05) is 24.3 Å². The quantitative estimate of drug-likeness (QED) is 0.143. The second-order valence-electron chi connectivity index (χ2n) is 9.34. The number of hydrogen-bond donors (Lipinski definition) is 6. The molecule has 0 bridgehead atoms. The fourth-order valence-electron chi connectivity index (χ4n) is 4.51. The molecule has 0 fully saturated rings. The molecule has 5 unspecified atom stereocenters. The summed E-state index contributed by atoms with van der Waals surface area (Å²) in [6.07, 6.45) is -1.02. The van der Waals surface area contributed by atoms with Gasteiger partial charge in [0.15, 0.2) is 15.2 Å². The number of aromatic hydroxyl groups is 2. The Kier molecular flexibility index (Phi) is 10.7. The van der Waals surface area contributed by atoms with Crippen LogP contribution in [0.5, 0.6) is 11.5 Å². The predicted octanol–water partition coefficient (Wildman–Crippen LogP) is -0.0520. The molecule has 3 rings (SSSR count). The maximum Gasteiger partial charge on any atom is 0.187 e. The standard InChI is InChI=1S/C25H31BrN2O8P2/c26-22-11-9-19(10-12-22)13-23(28(18-38(34,35)36)15-21-6-2-4-8-25(21)30)16-27(17-37(31,32)33)14-20-5-1-3-7-24(20)29/h1-12,23,29-30H,13-18H2,(H2,31,32,33)(H2,34,35,36). The number of nitrogens with one attached hydrogen (secondary N) is 2. The Morgan fingerprint density at radius 1 is 0.763 bits per heavy atom. The minimum Gasteiger partial charge on any atom is -0.775 e. The smallest absolute Gasteiger partial charge is 0.187 e. The van der Waals surface area contributed by atoms with Crippen molar-refractivity contribution in [2.24, 2.45) is 0 Å². The van der Waals surface area contributed by atoms with Gasteiger partial charge in [0.25, 0.3) is 0 Å². The van der Waals surface area contributed by atoms with Crippen molar-refractivity contribution in [3.8, 4) is 11.5 Å². The zero-order chi connectivity index (χ0) is 27.9. The largest absolute Gasteiger partial charge is 0.775 e.